The minimum absolute atomic E-state index is 0.0309. The first-order valence-corrected chi connectivity index (χ1v) is 11.3. The SMILES string of the molecule is CCNC(=NCC(C)(C)N1CCOCC1)NCCCCN1CCC(C(N)=O)CC1. The number of aliphatic imine (C=N–C) groups is 1. The number of rotatable bonds is 10. The van der Waals surface area contributed by atoms with E-state index in [0.717, 1.165) is 97.2 Å². The molecule has 8 heteroatoms. The zero-order valence-corrected chi connectivity index (χ0v) is 18.7. The maximum Gasteiger partial charge on any atom is 0.220 e. The molecule has 2 aliphatic rings. The van der Waals surface area contributed by atoms with E-state index in [2.05, 4.69) is 41.2 Å². The minimum Gasteiger partial charge on any atom is -0.379 e. The fourth-order valence-corrected chi connectivity index (χ4v) is 3.99. The number of piperidine rings is 1. The lowest BCUT2D eigenvalue weighted by atomic mass is 9.96. The first-order valence-electron chi connectivity index (χ1n) is 11.3. The molecule has 2 fully saturated rings. The molecule has 0 unspecified atom stereocenters. The molecule has 2 heterocycles. The molecule has 2 rings (SSSR count). The van der Waals surface area contributed by atoms with Crippen LogP contribution in [-0.4, -0.2) is 92.8 Å². The number of morpholine rings is 1. The quantitative estimate of drug-likeness (QED) is 0.278. The largest absolute Gasteiger partial charge is 0.379 e. The molecule has 0 aromatic carbocycles. The van der Waals surface area contributed by atoms with Gasteiger partial charge in [-0.25, -0.2) is 0 Å². The number of likely N-dealkylation sites (tertiary alicyclic amines) is 1. The van der Waals surface area contributed by atoms with Gasteiger partial charge in [-0.2, -0.15) is 0 Å². The lowest BCUT2D eigenvalue weighted by molar-refractivity contribution is -0.123. The third kappa shape index (κ3) is 8.48. The number of nitrogens with two attached hydrogens (primary N) is 1. The summed E-state index contributed by atoms with van der Waals surface area (Å²) < 4.78 is 5.47. The Kier molecular flexibility index (Phi) is 10.2. The lowest BCUT2D eigenvalue weighted by Gasteiger charge is -2.39. The van der Waals surface area contributed by atoms with Crippen LogP contribution in [-0.2, 0) is 9.53 Å². The number of hydrogen-bond donors (Lipinski definition) is 3. The fourth-order valence-electron chi connectivity index (χ4n) is 3.99. The number of nitrogens with zero attached hydrogens (tertiary/aromatic N) is 3. The van der Waals surface area contributed by atoms with E-state index in [-0.39, 0.29) is 17.4 Å². The van der Waals surface area contributed by atoms with Gasteiger partial charge in [-0.1, -0.05) is 0 Å². The van der Waals surface area contributed by atoms with Crippen LogP contribution in [0, 0.1) is 5.92 Å². The van der Waals surface area contributed by atoms with Crippen molar-refractivity contribution in [1.29, 1.82) is 0 Å². The predicted octanol–water partition coefficient (Wildman–Crippen LogP) is 0.630. The molecule has 0 atom stereocenters. The topological polar surface area (TPSA) is 95.2 Å². The zero-order chi connectivity index (χ0) is 21.1. The molecule has 2 saturated heterocycles. The van der Waals surface area contributed by atoms with E-state index < -0.39 is 0 Å². The fraction of sp³-hybridized carbons (Fsp3) is 0.905. The summed E-state index contributed by atoms with van der Waals surface area (Å²) >= 11 is 0. The standard InChI is InChI=1S/C21H42N6O2/c1-4-23-20(25-17-21(2,3)27-13-15-29-16-14-27)24-9-5-6-10-26-11-7-18(8-12-26)19(22)28/h18H,4-17H2,1-3H3,(H2,22,28)(H2,23,24,25). The van der Waals surface area contributed by atoms with Crippen LogP contribution in [0.1, 0.15) is 46.5 Å². The van der Waals surface area contributed by atoms with Crippen LogP contribution < -0.4 is 16.4 Å². The third-order valence-corrected chi connectivity index (χ3v) is 6.02. The van der Waals surface area contributed by atoms with Gasteiger partial charge in [0, 0.05) is 37.6 Å². The Morgan fingerprint density at radius 2 is 1.83 bits per heavy atom. The lowest BCUT2D eigenvalue weighted by Crippen LogP contribution is -2.52. The zero-order valence-electron chi connectivity index (χ0n) is 18.7. The molecule has 29 heavy (non-hydrogen) atoms. The number of hydrogen-bond acceptors (Lipinski definition) is 5. The van der Waals surface area contributed by atoms with Crippen molar-refractivity contribution in [2.24, 2.45) is 16.6 Å². The van der Waals surface area contributed by atoms with Crippen LogP contribution in [0.2, 0.25) is 0 Å². The highest BCUT2D eigenvalue weighted by molar-refractivity contribution is 5.79. The summed E-state index contributed by atoms with van der Waals surface area (Å²) in [6.07, 6.45) is 4.06. The normalized spacial score (nSPS) is 20.6. The second-order valence-corrected chi connectivity index (χ2v) is 8.76. The molecule has 0 aromatic rings. The predicted molar refractivity (Wildman–Crippen MR) is 118 cm³/mol. The van der Waals surface area contributed by atoms with Gasteiger partial charge in [0.05, 0.1) is 19.8 Å². The van der Waals surface area contributed by atoms with Gasteiger partial charge >= 0.3 is 0 Å². The Labute approximate surface area is 176 Å². The van der Waals surface area contributed by atoms with Crippen LogP contribution in [0.3, 0.4) is 0 Å². The molecular formula is C21H42N6O2. The molecule has 4 N–H and O–H groups in total. The number of guanidine groups is 1. The van der Waals surface area contributed by atoms with E-state index in [1.807, 2.05) is 0 Å². The van der Waals surface area contributed by atoms with Crippen LogP contribution in [0.25, 0.3) is 0 Å². The molecule has 0 radical (unpaired) electrons. The van der Waals surface area contributed by atoms with Crippen molar-refractivity contribution in [3.05, 3.63) is 0 Å². The van der Waals surface area contributed by atoms with Gasteiger partial charge in [0.1, 0.15) is 0 Å². The summed E-state index contributed by atoms with van der Waals surface area (Å²) in [6, 6.07) is 0. The number of carbonyl (C=O) groups is 1. The van der Waals surface area contributed by atoms with E-state index in [9.17, 15) is 4.79 Å². The minimum atomic E-state index is -0.138. The smallest absolute Gasteiger partial charge is 0.220 e. The number of carbonyl (C=O) groups excluding carboxylic acids is 1. The van der Waals surface area contributed by atoms with Gasteiger partial charge in [0.15, 0.2) is 5.96 Å². The summed E-state index contributed by atoms with van der Waals surface area (Å²) in [5.74, 6) is 0.838. The third-order valence-electron chi connectivity index (χ3n) is 6.02. The van der Waals surface area contributed by atoms with Crippen LogP contribution in [0.4, 0.5) is 0 Å². The molecular weight excluding hydrogens is 368 g/mol. The van der Waals surface area contributed by atoms with Crippen molar-refractivity contribution in [3.8, 4) is 0 Å². The molecule has 168 valence electrons. The van der Waals surface area contributed by atoms with Gasteiger partial charge < -0.3 is 26.0 Å². The molecule has 1 amide bonds. The van der Waals surface area contributed by atoms with E-state index in [1.54, 1.807) is 0 Å². The Hall–Kier alpha value is -1.38. The van der Waals surface area contributed by atoms with Gasteiger partial charge in [0.25, 0.3) is 0 Å². The van der Waals surface area contributed by atoms with Gasteiger partial charge in [-0.3, -0.25) is 14.7 Å². The highest BCUT2D eigenvalue weighted by Gasteiger charge is 2.28. The molecule has 0 aromatic heterocycles. The second-order valence-electron chi connectivity index (χ2n) is 8.76. The molecule has 2 aliphatic heterocycles. The summed E-state index contributed by atoms with van der Waals surface area (Å²) in [6.45, 7) is 15.8. The van der Waals surface area contributed by atoms with E-state index in [0.29, 0.717) is 0 Å². The van der Waals surface area contributed by atoms with Gasteiger partial charge in [-0.15, -0.1) is 0 Å². The first kappa shape index (κ1) is 23.9. The second kappa shape index (κ2) is 12.3. The van der Waals surface area contributed by atoms with E-state index in [4.69, 9.17) is 15.5 Å². The molecule has 0 bridgehead atoms. The molecule has 0 aliphatic carbocycles. The van der Waals surface area contributed by atoms with Gasteiger partial charge in [-0.05, 0) is 66.1 Å². The van der Waals surface area contributed by atoms with Gasteiger partial charge in [0.2, 0.25) is 5.91 Å². The van der Waals surface area contributed by atoms with Crippen LogP contribution in [0.5, 0.6) is 0 Å². The molecule has 0 saturated carbocycles. The highest BCUT2D eigenvalue weighted by Crippen LogP contribution is 2.17. The van der Waals surface area contributed by atoms with Crippen LogP contribution in [0.15, 0.2) is 4.99 Å². The summed E-state index contributed by atoms with van der Waals surface area (Å²) in [7, 11) is 0. The Morgan fingerprint density at radius 1 is 1.14 bits per heavy atom. The summed E-state index contributed by atoms with van der Waals surface area (Å²) in [5.41, 5.74) is 5.44. The number of ether oxygens (including phenoxy) is 1. The van der Waals surface area contributed by atoms with Crippen molar-refractivity contribution in [2.45, 2.75) is 52.0 Å². The average molecular weight is 411 g/mol. The number of unbranched alkanes of at least 4 members (excludes halogenated alkanes) is 1. The first-order chi connectivity index (χ1) is 13.9. The summed E-state index contributed by atoms with van der Waals surface area (Å²) in [5, 5.41) is 6.83. The average Bonchev–Trinajstić information content (AvgIpc) is 2.72. The number of amides is 1. The van der Waals surface area contributed by atoms with Crippen molar-refractivity contribution < 1.29 is 9.53 Å². The van der Waals surface area contributed by atoms with Crippen molar-refractivity contribution in [2.75, 3.05) is 65.6 Å². The maximum absolute atomic E-state index is 11.3. The highest BCUT2D eigenvalue weighted by atomic mass is 16.5. The molecule has 8 nitrogen and oxygen atoms in total. The molecule has 0 spiro atoms. The van der Waals surface area contributed by atoms with Crippen molar-refractivity contribution in [3.63, 3.8) is 0 Å². The number of nitrogens with one attached hydrogen (secondary N) is 2. The maximum atomic E-state index is 11.3. The summed E-state index contributed by atoms with van der Waals surface area (Å²) in [4.78, 5) is 21.0. The number of primary amides is 1. The van der Waals surface area contributed by atoms with E-state index in [1.165, 1.54) is 0 Å². The Balaban J connectivity index is 1.65. The van der Waals surface area contributed by atoms with Crippen molar-refractivity contribution in [1.82, 2.24) is 20.4 Å². The van der Waals surface area contributed by atoms with Crippen molar-refractivity contribution >= 4 is 11.9 Å². The Morgan fingerprint density at radius 3 is 2.45 bits per heavy atom. The Bertz CT molecular complexity index is 511. The monoisotopic (exact) mass is 410 g/mol. The van der Waals surface area contributed by atoms with Crippen LogP contribution >= 0.6 is 0 Å². The van der Waals surface area contributed by atoms with E-state index >= 15 is 0 Å².